The largest absolute Gasteiger partial charge is 0.393 e. The second kappa shape index (κ2) is 7.84. The molecule has 2 aliphatic rings. The number of aromatic nitrogens is 4. The van der Waals surface area contributed by atoms with Crippen LogP contribution in [0.25, 0.3) is 0 Å². The van der Waals surface area contributed by atoms with Gasteiger partial charge in [-0.25, -0.2) is 9.97 Å². The summed E-state index contributed by atoms with van der Waals surface area (Å²) in [5.41, 5.74) is 0.661. The zero-order chi connectivity index (χ0) is 20.6. The summed E-state index contributed by atoms with van der Waals surface area (Å²) in [4.78, 5) is 21.3. The van der Waals surface area contributed by atoms with E-state index < -0.39 is 0 Å². The first-order chi connectivity index (χ1) is 13.8. The Morgan fingerprint density at radius 3 is 2.93 bits per heavy atom. The number of nitrogens with one attached hydrogen (secondary N) is 1. The standard InChI is InChI=1S/C21H29N5O3/c1-13-8-14(9-18(13)27)24-20-16(10-22-12-23-20)19(28)17-5-7-26(25-17)11-15-4-6-21(2,3)29-15/h5,7,10,12-15,18,27H,4,6,8-9,11H2,1-3H3,(H,22,23,24)/t13-,14-,15-,18+/m1/s1. The van der Waals surface area contributed by atoms with E-state index in [1.807, 2.05) is 13.1 Å². The molecule has 0 amide bonds. The van der Waals surface area contributed by atoms with Gasteiger partial charge in [0.05, 0.1) is 29.9 Å². The molecule has 8 nitrogen and oxygen atoms in total. The molecule has 2 N–H and O–H groups in total. The van der Waals surface area contributed by atoms with Crippen molar-refractivity contribution in [2.24, 2.45) is 5.92 Å². The van der Waals surface area contributed by atoms with Crippen molar-refractivity contribution in [1.29, 1.82) is 0 Å². The predicted octanol–water partition coefficient (Wildman–Crippen LogP) is 2.43. The van der Waals surface area contributed by atoms with Gasteiger partial charge in [-0.3, -0.25) is 9.48 Å². The van der Waals surface area contributed by atoms with Crippen molar-refractivity contribution >= 4 is 11.6 Å². The van der Waals surface area contributed by atoms with Gasteiger partial charge in [0.15, 0.2) is 0 Å². The number of nitrogens with zero attached hydrogens (tertiary/aromatic N) is 4. The number of aliphatic hydroxyl groups is 1. The fourth-order valence-corrected chi connectivity index (χ4v) is 4.29. The van der Waals surface area contributed by atoms with E-state index in [4.69, 9.17) is 4.74 Å². The Bertz CT molecular complexity index is 871. The third-order valence-electron chi connectivity index (χ3n) is 5.95. The van der Waals surface area contributed by atoms with Gasteiger partial charge in [-0.1, -0.05) is 6.92 Å². The Morgan fingerprint density at radius 1 is 1.41 bits per heavy atom. The molecule has 4 atom stereocenters. The van der Waals surface area contributed by atoms with Crippen LogP contribution in [0.1, 0.15) is 62.5 Å². The number of ether oxygens (including phenoxy) is 1. The minimum Gasteiger partial charge on any atom is -0.393 e. The quantitative estimate of drug-likeness (QED) is 0.719. The summed E-state index contributed by atoms with van der Waals surface area (Å²) in [6.45, 7) is 6.85. The number of aliphatic hydroxyl groups excluding tert-OH is 1. The fraction of sp³-hybridized carbons (Fsp3) is 0.619. The first-order valence-corrected chi connectivity index (χ1v) is 10.3. The SMILES string of the molecule is C[C@@H]1C[C@@H](Nc2ncncc2C(=O)c2ccn(C[C@H]3CCC(C)(C)O3)n2)C[C@@H]1O. The average Bonchev–Trinajstić information content (AvgIpc) is 3.35. The number of rotatable bonds is 6. The summed E-state index contributed by atoms with van der Waals surface area (Å²) in [6.07, 6.45) is 8.04. The number of carbonyl (C=O) groups is 1. The highest BCUT2D eigenvalue weighted by atomic mass is 16.5. The maximum Gasteiger partial charge on any atom is 0.218 e. The van der Waals surface area contributed by atoms with Gasteiger partial charge in [-0.2, -0.15) is 5.10 Å². The third-order valence-corrected chi connectivity index (χ3v) is 5.95. The first kappa shape index (κ1) is 20.0. The van der Waals surface area contributed by atoms with Crippen LogP contribution in [0.15, 0.2) is 24.8 Å². The highest BCUT2D eigenvalue weighted by Crippen LogP contribution is 2.30. The van der Waals surface area contributed by atoms with Crippen molar-refractivity contribution in [1.82, 2.24) is 19.7 Å². The lowest BCUT2D eigenvalue weighted by atomic mass is 10.1. The summed E-state index contributed by atoms with van der Waals surface area (Å²) in [5, 5.41) is 17.8. The lowest BCUT2D eigenvalue weighted by Crippen LogP contribution is -2.23. The summed E-state index contributed by atoms with van der Waals surface area (Å²) < 4.78 is 7.79. The molecule has 8 heteroatoms. The Kier molecular flexibility index (Phi) is 5.40. The first-order valence-electron chi connectivity index (χ1n) is 10.3. The van der Waals surface area contributed by atoms with E-state index in [1.54, 1.807) is 10.7 Å². The summed E-state index contributed by atoms with van der Waals surface area (Å²) in [5.74, 6) is 0.504. The monoisotopic (exact) mass is 399 g/mol. The highest BCUT2D eigenvalue weighted by molar-refractivity contribution is 6.10. The van der Waals surface area contributed by atoms with Crippen LogP contribution in [0.2, 0.25) is 0 Å². The molecule has 29 heavy (non-hydrogen) atoms. The van der Waals surface area contributed by atoms with Crippen molar-refractivity contribution in [2.45, 2.75) is 76.9 Å². The molecule has 0 radical (unpaired) electrons. The molecule has 1 aliphatic carbocycles. The molecule has 2 fully saturated rings. The molecule has 1 saturated heterocycles. The molecule has 0 aromatic carbocycles. The van der Waals surface area contributed by atoms with E-state index >= 15 is 0 Å². The summed E-state index contributed by atoms with van der Waals surface area (Å²) in [7, 11) is 0. The molecule has 0 unspecified atom stereocenters. The topological polar surface area (TPSA) is 102 Å². The van der Waals surface area contributed by atoms with E-state index in [-0.39, 0.29) is 35.6 Å². The van der Waals surface area contributed by atoms with Gasteiger partial charge in [0, 0.05) is 18.4 Å². The predicted molar refractivity (Wildman–Crippen MR) is 108 cm³/mol. The van der Waals surface area contributed by atoms with Crippen LogP contribution in [0.4, 0.5) is 5.82 Å². The Morgan fingerprint density at radius 2 is 2.24 bits per heavy atom. The molecule has 3 heterocycles. The molecule has 1 saturated carbocycles. The van der Waals surface area contributed by atoms with Crippen LogP contribution >= 0.6 is 0 Å². The molecular weight excluding hydrogens is 370 g/mol. The van der Waals surface area contributed by atoms with Crippen molar-refractivity contribution in [3.8, 4) is 0 Å². The van der Waals surface area contributed by atoms with Gasteiger partial charge in [0.2, 0.25) is 5.78 Å². The minimum atomic E-state index is -0.327. The Balaban J connectivity index is 1.46. The number of anilines is 1. The van der Waals surface area contributed by atoms with Crippen molar-refractivity contribution in [3.63, 3.8) is 0 Å². The number of hydrogen-bond donors (Lipinski definition) is 2. The van der Waals surface area contributed by atoms with Gasteiger partial charge in [-0.05, 0) is 51.5 Å². The van der Waals surface area contributed by atoms with Crippen molar-refractivity contribution < 1.29 is 14.6 Å². The van der Waals surface area contributed by atoms with Crippen LogP contribution in [0.5, 0.6) is 0 Å². The van der Waals surface area contributed by atoms with E-state index in [0.29, 0.717) is 30.0 Å². The average molecular weight is 399 g/mol. The van der Waals surface area contributed by atoms with Gasteiger partial charge >= 0.3 is 0 Å². The fourth-order valence-electron chi connectivity index (χ4n) is 4.29. The number of ketones is 1. The Hall–Kier alpha value is -2.32. The smallest absolute Gasteiger partial charge is 0.218 e. The molecule has 1 aliphatic heterocycles. The summed E-state index contributed by atoms with van der Waals surface area (Å²) >= 11 is 0. The van der Waals surface area contributed by atoms with Gasteiger partial charge in [0.25, 0.3) is 0 Å². The molecule has 156 valence electrons. The maximum atomic E-state index is 13.0. The zero-order valence-electron chi connectivity index (χ0n) is 17.2. The zero-order valence-corrected chi connectivity index (χ0v) is 17.2. The lowest BCUT2D eigenvalue weighted by Gasteiger charge is -2.19. The lowest BCUT2D eigenvalue weighted by molar-refractivity contribution is -0.0230. The second-order valence-corrected chi connectivity index (χ2v) is 8.93. The molecular formula is C21H29N5O3. The highest BCUT2D eigenvalue weighted by Gasteiger charge is 2.32. The van der Waals surface area contributed by atoms with Crippen molar-refractivity contribution in [3.05, 3.63) is 36.0 Å². The molecule has 0 spiro atoms. The van der Waals surface area contributed by atoms with Crippen LogP contribution in [-0.4, -0.2) is 54.5 Å². The van der Waals surface area contributed by atoms with Crippen LogP contribution in [0, 0.1) is 5.92 Å². The van der Waals surface area contributed by atoms with E-state index in [9.17, 15) is 9.90 Å². The maximum absolute atomic E-state index is 13.0. The molecule has 2 aromatic rings. The van der Waals surface area contributed by atoms with Crippen LogP contribution in [-0.2, 0) is 11.3 Å². The van der Waals surface area contributed by atoms with Crippen LogP contribution in [0.3, 0.4) is 0 Å². The molecule has 0 bridgehead atoms. The molecule has 2 aromatic heterocycles. The van der Waals surface area contributed by atoms with Crippen molar-refractivity contribution in [2.75, 3.05) is 5.32 Å². The van der Waals surface area contributed by atoms with Gasteiger partial charge in [0.1, 0.15) is 17.8 Å². The van der Waals surface area contributed by atoms with Gasteiger partial charge in [-0.15, -0.1) is 0 Å². The normalized spacial score (nSPS) is 28.6. The number of hydrogen-bond acceptors (Lipinski definition) is 7. The minimum absolute atomic E-state index is 0.0851. The van der Waals surface area contributed by atoms with E-state index in [1.165, 1.54) is 12.5 Å². The second-order valence-electron chi connectivity index (χ2n) is 8.93. The summed E-state index contributed by atoms with van der Waals surface area (Å²) in [6, 6.07) is 1.81. The van der Waals surface area contributed by atoms with E-state index in [0.717, 1.165) is 19.3 Å². The number of carbonyl (C=O) groups excluding carboxylic acids is 1. The van der Waals surface area contributed by atoms with Gasteiger partial charge < -0.3 is 15.2 Å². The third kappa shape index (κ3) is 4.48. The molecule has 4 rings (SSSR count). The van der Waals surface area contributed by atoms with E-state index in [2.05, 4.69) is 34.2 Å². The Labute approximate surface area is 170 Å². The van der Waals surface area contributed by atoms with Crippen LogP contribution < -0.4 is 5.32 Å².